The molecule has 0 radical (unpaired) electrons. The van der Waals surface area contributed by atoms with Crippen molar-refractivity contribution in [3.05, 3.63) is 18.2 Å². The maximum Gasteiger partial charge on any atom is 0.183 e. The predicted molar refractivity (Wildman–Crippen MR) is 69.6 cm³/mol. The van der Waals surface area contributed by atoms with Gasteiger partial charge < -0.3 is 10.1 Å². The van der Waals surface area contributed by atoms with Gasteiger partial charge in [-0.05, 0) is 25.5 Å². The van der Waals surface area contributed by atoms with Gasteiger partial charge in [0.25, 0.3) is 0 Å². The highest BCUT2D eigenvalue weighted by Crippen LogP contribution is 2.32. The molecule has 0 saturated carbocycles. The van der Waals surface area contributed by atoms with Gasteiger partial charge in [0.05, 0.1) is 11.3 Å². The molecule has 2 aromatic rings. The van der Waals surface area contributed by atoms with Gasteiger partial charge in [-0.2, -0.15) is 0 Å². The Labute approximate surface area is 99.5 Å². The van der Waals surface area contributed by atoms with Gasteiger partial charge in [0.15, 0.2) is 5.13 Å². The van der Waals surface area contributed by atoms with Crippen LogP contribution < -0.4 is 10.1 Å². The van der Waals surface area contributed by atoms with Crippen LogP contribution in [0.3, 0.4) is 0 Å². The van der Waals surface area contributed by atoms with Crippen molar-refractivity contribution in [3.63, 3.8) is 0 Å². The molecule has 1 aromatic carbocycles. The molecule has 0 atom stereocenters. The molecule has 0 amide bonds. The van der Waals surface area contributed by atoms with Gasteiger partial charge in [0.1, 0.15) is 11.3 Å². The summed E-state index contributed by atoms with van der Waals surface area (Å²) < 4.78 is 6.85. The Morgan fingerprint density at radius 3 is 3.00 bits per heavy atom. The Bertz CT molecular complexity index is 467. The maximum absolute atomic E-state index is 5.68. The van der Waals surface area contributed by atoms with E-state index in [1.807, 2.05) is 12.1 Å². The van der Waals surface area contributed by atoms with Crippen molar-refractivity contribution < 1.29 is 4.74 Å². The average molecular weight is 236 g/mol. The molecule has 0 unspecified atom stereocenters. The molecule has 1 heterocycles. The van der Waals surface area contributed by atoms with E-state index in [0.29, 0.717) is 0 Å². The number of para-hydroxylation sites is 1. The van der Waals surface area contributed by atoms with E-state index in [1.165, 1.54) is 4.70 Å². The first-order chi connectivity index (χ1) is 7.85. The van der Waals surface area contributed by atoms with Crippen molar-refractivity contribution in [2.45, 2.75) is 20.3 Å². The molecule has 1 aromatic heterocycles. The minimum absolute atomic E-state index is 0.743. The lowest BCUT2D eigenvalue weighted by Crippen LogP contribution is -1.96. The van der Waals surface area contributed by atoms with Crippen LogP contribution in [0.1, 0.15) is 20.3 Å². The van der Waals surface area contributed by atoms with Crippen LogP contribution in [-0.4, -0.2) is 18.1 Å². The van der Waals surface area contributed by atoms with E-state index in [2.05, 4.69) is 30.2 Å². The smallest absolute Gasteiger partial charge is 0.183 e. The Morgan fingerprint density at radius 2 is 2.25 bits per heavy atom. The fourth-order valence-electron chi connectivity index (χ4n) is 1.48. The Kier molecular flexibility index (Phi) is 3.62. The number of hydrogen-bond acceptors (Lipinski definition) is 4. The predicted octanol–water partition coefficient (Wildman–Crippen LogP) is 3.52. The molecule has 0 bridgehead atoms. The number of ether oxygens (including phenoxy) is 1. The van der Waals surface area contributed by atoms with Gasteiger partial charge in [-0.1, -0.05) is 24.3 Å². The third-order valence-corrected chi connectivity index (χ3v) is 3.15. The van der Waals surface area contributed by atoms with Crippen LogP contribution in [0, 0.1) is 0 Å². The van der Waals surface area contributed by atoms with E-state index in [-0.39, 0.29) is 0 Å². The number of anilines is 1. The molecule has 0 aliphatic carbocycles. The van der Waals surface area contributed by atoms with Gasteiger partial charge in [-0.3, -0.25) is 0 Å². The molecule has 0 aliphatic heterocycles. The molecule has 16 heavy (non-hydrogen) atoms. The summed E-state index contributed by atoms with van der Waals surface area (Å²) in [6, 6.07) is 6.07. The highest BCUT2D eigenvalue weighted by Gasteiger charge is 2.07. The summed E-state index contributed by atoms with van der Waals surface area (Å²) in [6.45, 7) is 5.81. The first-order valence-electron chi connectivity index (χ1n) is 5.61. The zero-order valence-corrected chi connectivity index (χ0v) is 10.4. The van der Waals surface area contributed by atoms with Crippen molar-refractivity contribution in [1.29, 1.82) is 0 Å². The number of nitrogens with zero attached hydrogens (tertiary/aromatic N) is 1. The van der Waals surface area contributed by atoms with Crippen molar-refractivity contribution in [2.75, 3.05) is 18.5 Å². The van der Waals surface area contributed by atoms with Crippen molar-refractivity contribution in [1.82, 2.24) is 4.98 Å². The second kappa shape index (κ2) is 5.16. The van der Waals surface area contributed by atoms with Gasteiger partial charge >= 0.3 is 0 Å². The van der Waals surface area contributed by atoms with E-state index >= 15 is 0 Å². The number of nitrogens with one attached hydrogen (secondary N) is 1. The first kappa shape index (κ1) is 11.2. The number of rotatable bonds is 5. The van der Waals surface area contributed by atoms with Crippen molar-refractivity contribution in [2.24, 2.45) is 0 Å². The molecule has 4 heteroatoms. The molecule has 0 spiro atoms. The molecule has 0 fully saturated rings. The third kappa shape index (κ3) is 2.27. The van der Waals surface area contributed by atoms with Crippen molar-refractivity contribution >= 4 is 26.7 Å². The zero-order valence-electron chi connectivity index (χ0n) is 9.62. The van der Waals surface area contributed by atoms with E-state index in [9.17, 15) is 0 Å². The maximum atomic E-state index is 5.68. The van der Waals surface area contributed by atoms with E-state index in [0.717, 1.165) is 36.0 Å². The van der Waals surface area contributed by atoms with Crippen molar-refractivity contribution in [3.8, 4) is 5.75 Å². The standard InChI is InChI=1S/C12H16N2OS/c1-3-8-15-9-6-5-7-10-11(9)14-12(16-10)13-4-2/h5-7H,3-4,8H2,1-2H3,(H,13,14). The molecule has 86 valence electrons. The summed E-state index contributed by atoms with van der Waals surface area (Å²) in [6.07, 6.45) is 1.01. The second-order valence-electron chi connectivity index (χ2n) is 3.50. The second-order valence-corrected chi connectivity index (χ2v) is 4.53. The molecule has 2 rings (SSSR count). The van der Waals surface area contributed by atoms with Crippen LogP contribution >= 0.6 is 11.3 Å². The Hall–Kier alpha value is -1.29. The zero-order chi connectivity index (χ0) is 11.4. The summed E-state index contributed by atoms with van der Waals surface area (Å²) in [5.41, 5.74) is 0.969. The number of benzene rings is 1. The fraction of sp³-hybridized carbons (Fsp3) is 0.417. The van der Waals surface area contributed by atoms with Gasteiger partial charge in [-0.25, -0.2) is 4.98 Å². The van der Waals surface area contributed by atoms with E-state index in [4.69, 9.17) is 4.74 Å². The lowest BCUT2D eigenvalue weighted by molar-refractivity contribution is 0.320. The van der Waals surface area contributed by atoms with Crippen LogP contribution in [0.25, 0.3) is 10.2 Å². The molecule has 0 aliphatic rings. The lowest BCUT2D eigenvalue weighted by Gasteiger charge is -2.03. The van der Waals surface area contributed by atoms with E-state index < -0.39 is 0 Å². The fourth-order valence-corrected chi connectivity index (χ4v) is 2.43. The topological polar surface area (TPSA) is 34.1 Å². The summed E-state index contributed by atoms with van der Waals surface area (Å²) in [5, 5.41) is 4.20. The third-order valence-electron chi connectivity index (χ3n) is 2.17. The lowest BCUT2D eigenvalue weighted by atomic mass is 10.3. The van der Waals surface area contributed by atoms with Crippen LogP contribution in [0.5, 0.6) is 5.75 Å². The first-order valence-corrected chi connectivity index (χ1v) is 6.43. The van der Waals surface area contributed by atoms with Crippen LogP contribution in [0.15, 0.2) is 18.2 Å². The van der Waals surface area contributed by atoms with Gasteiger partial charge in [-0.15, -0.1) is 0 Å². The minimum atomic E-state index is 0.743. The quantitative estimate of drug-likeness (QED) is 0.862. The monoisotopic (exact) mass is 236 g/mol. The summed E-state index contributed by atoms with van der Waals surface area (Å²) >= 11 is 1.67. The Balaban J connectivity index is 2.34. The number of thiazole rings is 1. The summed E-state index contributed by atoms with van der Waals surface area (Å²) in [7, 11) is 0. The molecular weight excluding hydrogens is 220 g/mol. The number of hydrogen-bond donors (Lipinski definition) is 1. The van der Waals surface area contributed by atoms with Gasteiger partial charge in [0, 0.05) is 6.54 Å². The molecule has 0 saturated heterocycles. The molecule has 3 nitrogen and oxygen atoms in total. The largest absolute Gasteiger partial charge is 0.491 e. The average Bonchev–Trinajstić information content (AvgIpc) is 2.69. The minimum Gasteiger partial charge on any atom is -0.491 e. The summed E-state index contributed by atoms with van der Waals surface area (Å²) in [4.78, 5) is 4.54. The number of aromatic nitrogens is 1. The van der Waals surface area contributed by atoms with Crippen LogP contribution in [0.2, 0.25) is 0 Å². The Morgan fingerprint density at radius 1 is 1.38 bits per heavy atom. The molecular formula is C12H16N2OS. The normalized spacial score (nSPS) is 10.6. The molecule has 1 N–H and O–H groups in total. The highest BCUT2D eigenvalue weighted by atomic mass is 32.1. The van der Waals surface area contributed by atoms with Crippen LogP contribution in [-0.2, 0) is 0 Å². The number of fused-ring (bicyclic) bond motifs is 1. The highest BCUT2D eigenvalue weighted by molar-refractivity contribution is 7.22. The SMILES string of the molecule is CCCOc1cccc2sc(NCC)nc12. The van der Waals surface area contributed by atoms with Gasteiger partial charge in [0.2, 0.25) is 0 Å². The van der Waals surface area contributed by atoms with E-state index in [1.54, 1.807) is 11.3 Å². The van der Waals surface area contributed by atoms with Crippen LogP contribution in [0.4, 0.5) is 5.13 Å². The summed E-state index contributed by atoms with van der Waals surface area (Å²) in [5.74, 6) is 0.889.